The zero-order chi connectivity index (χ0) is 11.5. The Bertz CT molecular complexity index is 563. The largest absolute Gasteiger partial charge is 0.497 e. The van der Waals surface area contributed by atoms with E-state index in [0.717, 1.165) is 5.56 Å². The summed E-state index contributed by atoms with van der Waals surface area (Å²) in [5, 5.41) is 0. The van der Waals surface area contributed by atoms with Crippen molar-refractivity contribution in [3.05, 3.63) is 40.8 Å². The molecule has 0 bridgehead atoms. The number of nitrogen functional groups attached to an aromatic ring is 1. The standard InChI is InChI=1S/C11H11N3O2/c1-16-8-4-2-3-7(5-8)9-6-10(12)14-11(15)13-9/h2-6H,1H3,(H3,12,13,14,15). The fraction of sp³-hybridized carbons (Fsp3) is 0.0909. The first-order valence-corrected chi connectivity index (χ1v) is 4.70. The number of benzene rings is 1. The number of nitrogens with one attached hydrogen (secondary N) is 1. The number of aromatic nitrogens is 2. The SMILES string of the molecule is COc1cccc(-c2cc(N)nc(=O)[nH]2)c1. The number of anilines is 1. The molecule has 2 aromatic rings. The van der Waals surface area contributed by atoms with Crippen LogP contribution in [0.4, 0.5) is 5.82 Å². The van der Waals surface area contributed by atoms with Gasteiger partial charge in [-0.2, -0.15) is 4.98 Å². The molecule has 0 fully saturated rings. The van der Waals surface area contributed by atoms with Crippen LogP contribution < -0.4 is 16.2 Å². The Hall–Kier alpha value is -2.30. The number of methoxy groups -OCH3 is 1. The highest BCUT2D eigenvalue weighted by molar-refractivity contribution is 5.63. The first-order valence-electron chi connectivity index (χ1n) is 4.70. The lowest BCUT2D eigenvalue weighted by Crippen LogP contribution is -2.12. The van der Waals surface area contributed by atoms with Gasteiger partial charge in [0.05, 0.1) is 12.8 Å². The van der Waals surface area contributed by atoms with Crippen molar-refractivity contribution >= 4 is 5.82 Å². The van der Waals surface area contributed by atoms with Crippen molar-refractivity contribution in [3.8, 4) is 17.0 Å². The molecule has 1 heterocycles. The van der Waals surface area contributed by atoms with Crippen molar-refractivity contribution in [1.29, 1.82) is 0 Å². The van der Waals surface area contributed by atoms with Gasteiger partial charge in [-0.25, -0.2) is 4.79 Å². The van der Waals surface area contributed by atoms with Crippen LogP contribution in [0.25, 0.3) is 11.3 Å². The van der Waals surface area contributed by atoms with E-state index in [1.165, 1.54) is 0 Å². The average molecular weight is 217 g/mol. The second-order valence-corrected chi connectivity index (χ2v) is 3.26. The zero-order valence-corrected chi connectivity index (χ0v) is 8.73. The van der Waals surface area contributed by atoms with Crippen molar-refractivity contribution in [1.82, 2.24) is 9.97 Å². The summed E-state index contributed by atoms with van der Waals surface area (Å²) in [6, 6.07) is 8.93. The van der Waals surface area contributed by atoms with Gasteiger partial charge in [0, 0.05) is 11.6 Å². The third-order valence-electron chi connectivity index (χ3n) is 2.15. The number of hydrogen-bond donors (Lipinski definition) is 2. The van der Waals surface area contributed by atoms with Crippen LogP contribution in [-0.4, -0.2) is 17.1 Å². The van der Waals surface area contributed by atoms with E-state index < -0.39 is 5.69 Å². The minimum Gasteiger partial charge on any atom is -0.497 e. The Morgan fingerprint density at radius 3 is 2.88 bits per heavy atom. The lowest BCUT2D eigenvalue weighted by molar-refractivity contribution is 0.415. The van der Waals surface area contributed by atoms with Crippen LogP contribution in [0.15, 0.2) is 35.1 Å². The van der Waals surface area contributed by atoms with E-state index in [1.54, 1.807) is 13.2 Å². The van der Waals surface area contributed by atoms with Crippen molar-refractivity contribution in [3.63, 3.8) is 0 Å². The molecule has 82 valence electrons. The van der Waals surface area contributed by atoms with E-state index in [0.29, 0.717) is 11.4 Å². The molecular formula is C11H11N3O2. The van der Waals surface area contributed by atoms with Gasteiger partial charge in [0.2, 0.25) is 0 Å². The van der Waals surface area contributed by atoms with Crippen LogP contribution >= 0.6 is 0 Å². The average Bonchev–Trinajstić information content (AvgIpc) is 2.28. The minimum atomic E-state index is -0.460. The monoisotopic (exact) mass is 217 g/mol. The van der Waals surface area contributed by atoms with E-state index in [1.807, 2.05) is 24.3 Å². The molecule has 0 radical (unpaired) electrons. The van der Waals surface area contributed by atoms with Crippen LogP contribution in [0.5, 0.6) is 5.75 Å². The number of ether oxygens (including phenoxy) is 1. The molecule has 1 aromatic carbocycles. The predicted molar refractivity (Wildman–Crippen MR) is 61.3 cm³/mol. The van der Waals surface area contributed by atoms with Crippen LogP contribution in [0, 0.1) is 0 Å². The summed E-state index contributed by atoms with van der Waals surface area (Å²) >= 11 is 0. The number of H-pyrrole nitrogens is 1. The van der Waals surface area contributed by atoms with E-state index in [4.69, 9.17) is 10.5 Å². The summed E-state index contributed by atoms with van der Waals surface area (Å²) in [5.41, 5.74) is 6.49. The normalized spacial score (nSPS) is 10.1. The fourth-order valence-corrected chi connectivity index (χ4v) is 1.42. The highest BCUT2D eigenvalue weighted by Gasteiger charge is 2.02. The Morgan fingerprint density at radius 1 is 1.38 bits per heavy atom. The molecule has 0 saturated heterocycles. The van der Waals surface area contributed by atoms with E-state index in [-0.39, 0.29) is 5.82 Å². The smallest absolute Gasteiger partial charge is 0.347 e. The molecule has 0 unspecified atom stereocenters. The maximum atomic E-state index is 11.2. The van der Waals surface area contributed by atoms with Crippen molar-refractivity contribution in [2.24, 2.45) is 0 Å². The van der Waals surface area contributed by atoms with Crippen LogP contribution in [0.3, 0.4) is 0 Å². The van der Waals surface area contributed by atoms with Crippen LogP contribution in [0.1, 0.15) is 0 Å². The summed E-state index contributed by atoms with van der Waals surface area (Å²) in [5.74, 6) is 0.912. The Kier molecular flexibility index (Phi) is 2.59. The van der Waals surface area contributed by atoms with Crippen molar-refractivity contribution in [2.45, 2.75) is 0 Å². The molecule has 5 heteroatoms. The molecule has 0 saturated carbocycles. The molecule has 1 aromatic heterocycles. The summed E-state index contributed by atoms with van der Waals surface area (Å²) < 4.78 is 5.10. The van der Waals surface area contributed by atoms with Gasteiger partial charge >= 0.3 is 5.69 Å². The van der Waals surface area contributed by atoms with E-state index in [9.17, 15) is 4.79 Å². The number of rotatable bonds is 2. The maximum absolute atomic E-state index is 11.2. The highest BCUT2D eigenvalue weighted by atomic mass is 16.5. The fourth-order valence-electron chi connectivity index (χ4n) is 1.42. The van der Waals surface area contributed by atoms with Gasteiger partial charge in [0.1, 0.15) is 11.6 Å². The number of nitrogens with two attached hydrogens (primary N) is 1. The van der Waals surface area contributed by atoms with Crippen molar-refractivity contribution < 1.29 is 4.74 Å². The molecule has 0 amide bonds. The molecule has 0 aliphatic rings. The van der Waals surface area contributed by atoms with Gasteiger partial charge in [0.15, 0.2) is 0 Å². The van der Waals surface area contributed by atoms with Gasteiger partial charge < -0.3 is 15.5 Å². The Balaban J connectivity index is 2.53. The summed E-state index contributed by atoms with van der Waals surface area (Å²) in [6.45, 7) is 0. The van der Waals surface area contributed by atoms with Gasteiger partial charge in [-0.1, -0.05) is 12.1 Å². The third-order valence-corrected chi connectivity index (χ3v) is 2.15. The number of hydrogen-bond acceptors (Lipinski definition) is 4. The first-order chi connectivity index (χ1) is 7.69. The lowest BCUT2D eigenvalue weighted by atomic mass is 10.1. The lowest BCUT2D eigenvalue weighted by Gasteiger charge is -2.04. The molecular weight excluding hydrogens is 206 g/mol. The van der Waals surface area contributed by atoms with E-state index >= 15 is 0 Å². The molecule has 16 heavy (non-hydrogen) atoms. The summed E-state index contributed by atoms with van der Waals surface area (Å²) in [7, 11) is 1.59. The molecule has 3 N–H and O–H groups in total. The van der Waals surface area contributed by atoms with Gasteiger partial charge in [-0.15, -0.1) is 0 Å². The molecule has 0 atom stereocenters. The van der Waals surface area contributed by atoms with Crippen molar-refractivity contribution in [2.75, 3.05) is 12.8 Å². The number of nitrogens with zero attached hydrogens (tertiary/aromatic N) is 1. The quantitative estimate of drug-likeness (QED) is 0.787. The van der Waals surface area contributed by atoms with E-state index in [2.05, 4.69) is 9.97 Å². The molecule has 2 rings (SSSR count). The van der Waals surface area contributed by atoms with Crippen LogP contribution in [0.2, 0.25) is 0 Å². The molecule has 5 nitrogen and oxygen atoms in total. The Morgan fingerprint density at radius 2 is 2.19 bits per heavy atom. The molecule has 0 aliphatic heterocycles. The zero-order valence-electron chi connectivity index (χ0n) is 8.73. The summed E-state index contributed by atoms with van der Waals surface area (Å²) in [4.78, 5) is 17.3. The van der Waals surface area contributed by atoms with Crippen LogP contribution in [-0.2, 0) is 0 Å². The first kappa shape index (κ1) is 10.2. The summed E-state index contributed by atoms with van der Waals surface area (Å²) in [6.07, 6.45) is 0. The topological polar surface area (TPSA) is 81.0 Å². The minimum absolute atomic E-state index is 0.196. The molecule has 0 aliphatic carbocycles. The second-order valence-electron chi connectivity index (χ2n) is 3.26. The predicted octanol–water partition coefficient (Wildman–Crippen LogP) is 1.03. The molecule has 0 spiro atoms. The maximum Gasteiger partial charge on any atom is 0.347 e. The Labute approximate surface area is 91.9 Å². The third kappa shape index (κ3) is 2.03. The van der Waals surface area contributed by atoms with Gasteiger partial charge in [-0.05, 0) is 12.1 Å². The second kappa shape index (κ2) is 4.06. The van der Waals surface area contributed by atoms with Gasteiger partial charge in [-0.3, -0.25) is 0 Å². The number of aromatic amines is 1. The van der Waals surface area contributed by atoms with Gasteiger partial charge in [0.25, 0.3) is 0 Å². The highest BCUT2D eigenvalue weighted by Crippen LogP contribution is 2.21.